The number of nitrogens with one attached hydrogen (secondary N) is 1. The quantitative estimate of drug-likeness (QED) is 0.530. The van der Waals surface area contributed by atoms with Crippen LogP contribution in [0.3, 0.4) is 0 Å². The van der Waals surface area contributed by atoms with Crippen LogP contribution in [-0.2, 0) is 0 Å². The summed E-state index contributed by atoms with van der Waals surface area (Å²) in [6, 6.07) is 0.639. The van der Waals surface area contributed by atoms with Gasteiger partial charge < -0.3 is 5.32 Å². The Labute approximate surface area is 117 Å². The van der Waals surface area contributed by atoms with Gasteiger partial charge in [-0.25, -0.2) is 0 Å². The lowest BCUT2D eigenvalue weighted by Gasteiger charge is -2.14. The molecule has 0 fully saturated rings. The molecule has 0 saturated heterocycles. The van der Waals surface area contributed by atoms with Crippen molar-refractivity contribution in [3.05, 3.63) is 0 Å². The minimum absolute atomic E-state index is 0.639. The third-order valence-electron chi connectivity index (χ3n) is 2.96. The van der Waals surface area contributed by atoms with E-state index < -0.39 is 0 Å². The fourth-order valence-electron chi connectivity index (χ4n) is 1.90. The zero-order valence-corrected chi connectivity index (χ0v) is 13.8. The Morgan fingerprint density at radius 2 is 1.65 bits per heavy atom. The fraction of sp³-hybridized carbons (Fsp3) is 1.00. The first kappa shape index (κ1) is 17.7. The molecule has 1 atom stereocenters. The average Bonchev–Trinajstić information content (AvgIpc) is 2.31. The summed E-state index contributed by atoms with van der Waals surface area (Å²) >= 11 is 4.04. The van der Waals surface area contributed by atoms with Gasteiger partial charge in [-0.2, -0.15) is 23.5 Å². The zero-order valence-electron chi connectivity index (χ0n) is 12.1. The first-order valence-electron chi connectivity index (χ1n) is 6.95. The molecule has 0 radical (unpaired) electrons. The van der Waals surface area contributed by atoms with Gasteiger partial charge >= 0.3 is 0 Å². The molecule has 0 aliphatic rings. The van der Waals surface area contributed by atoms with Gasteiger partial charge in [-0.3, -0.25) is 0 Å². The Morgan fingerprint density at radius 1 is 0.941 bits per heavy atom. The van der Waals surface area contributed by atoms with Crippen LogP contribution in [0.2, 0.25) is 0 Å². The van der Waals surface area contributed by atoms with Crippen LogP contribution in [0.1, 0.15) is 52.4 Å². The van der Waals surface area contributed by atoms with Crippen molar-refractivity contribution in [2.45, 2.75) is 63.7 Å². The van der Waals surface area contributed by atoms with Crippen molar-refractivity contribution < 1.29 is 0 Å². The molecule has 0 saturated carbocycles. The van der Waals surface area contributed by atoms with Gasteiger partial charge in [0, 0.05) is 11.3 Å². The summed E-state index contributed by atoms with van der Waals surface area (Å²) in [6.07, 6.45) is 12.8. The molecule has 1 unspecified atom stereocenters. The molecular formula is C14H31NS2. The van der Waals surface area contributed by atoms with Crippen LogP contribution in [0.15, 0.2) is 0 Å². The van der Waals surface area contributed by atoms with E-state index in [4.69, 9.17) is 0 Å². The summed E-state index contributed by atoms with van der Waals surface area (Å²) < 4.78 is 0. The lowest BCUT2D eigenvalue weighted by atomic mass is 10.1. The molecule has 0 aliphatic carbocycles. The predicted octanol–water partition coefficient (Wildman–Crippen LogP) is 4.42. The van der Waals surface area contributed by atoms with Gasteiger partial charge in [0.1, 0.15) is 0 Å². The summed E-state index contributed by atoms with van der Waals surface area (Å²) in [5.41, 5.74) is 0. The lowest BCUT2D eigenvalue weighted by Crippen LogP contribution is -2.23. The molecular weight excluding hydrogens is 246 g/mol. The first-order valence-corrected chi connectivity index (χ1v) is 9.64. The van der Waals surface area contributed by atoms with Crippen molar-refractivity contribution in [3.63, 3.8) is 0 Å². The van der Waals surface area contributed by atoms with E-state index in [2.05, 4.69) is 43.4 Å². The Balaban J connectivity index is 3.30. The first-order chi connectivity index (χ1) is 8.20. The van der Waals surface area contributed by atoms with E-state index >= 15 is 0 Å². The van der Waals surface area contributed by atoms with Crippen LogP contribution in [0, 0.1) is 0 Å². The highest BCUT2D eigenvalue weighted by atomic mass is 32.2. The van der Waals surface area contributed by atoms with Crippen LogP contribution >= 0.6 is 23.5 Å². The third-order valence-corrected chi connectivity index (χ3v) is 4.80. The van der Waals surface area contributed by atoms with Gasteiger partial charge in [0.15, 0.2) is 0 Å². The second-order valence-corrected chi connectivity index (χ2v) is 7.07. The number of rotatable bonds is 12. The van der Waals surface area contributed by atoms with Crippen LogP contribution in [0.5, 0.6) is 0 Å². The predicted molar refractivity (Wildman–Crippen MR) is 86.5 cm³/mol. The topological polar surface area (TPSA) is 12.0 Å². The van der Waals surface area contributed by atoms with Gasteiger partial charge in [-0.1, -0.05) is 26.7 Å². The van der Waals surface area contributed by atoms with E-state index in [1.165, 1.54) is 50.8 Å². The average molecular weight is 278 g/mol. The summed E-state index contributed by atoms with van der Waals surface area (Å²) in [5, 5.41) is 4.38. The molecule has 3 heteroatoms. The molecule has 17 heavy (non-hydrogen) atoms. The third kappa shape index (κ3) is 12.9. The molecule has 0 heterocycles. The molecule has 1 N–H and O–H groups in total. The molecule has 0 amide bonds. The van der Waals surface area contributed by atoms with Crippen molar-refractivity contribution in [2.24, 2.45) is 0 Å². The summed E-state index contributed by atoms with van der Waals surface area (Å²) in [6.45, 7) is 5.62. The highest BCUT2D eigenvalue weighted by molar-refractivity contribution is 7.99. The van der Waals surface area contributed by atoms with Crippen molar-refractivity contribution in [1.29, 1.82) is 0 Å². The van der Waals surface area contributed by atoms with Crippen LogP contribution in [0.4, 0.5) is 0 Å². The van der Waals surface area contributed by atoms with Gasteiger partial charge in [-0.15, -0.1) is 0 Å². The van der Waals surface area contributed by atoms with Crippen LogP contribution in [-0.4, -0.2) is 36.1 Å². The van der Waals surface area contributed by atoms with E-state index in [9.17, 15) is 0 Å². The summed E-state index contributed by atoms with van der Waals surface area (Å²) in [4.78, 5) is 0. The second-order valence-electron chi connectivity index (χ2n) is 4.95. The van der Waals surface area contributed by atoms with E-state index in [0.717, 1.165) is 5.25 Å². The van der Waals surface area contributed by atoms with E-state index in [1.807, 2.05) is 11.8 Å². The molecule has 0 aromatic carbocycles. The molecule has 0 aromatic heterocycles. The maximum absolute atomic E-state index is 3.48. The van der Waals surface area contributed by atoms with Crippen molar-refractivity contribution in [1.82, 2.24) is 5.32 Å². The second kappa shape index (κ2) is 13.1. The molecule has 0 bridgehead atoms. The Kier molecular flexibility index (Phi) is 13.6. The molecule has 0 aliphatic heterocycles. The van der Waals surface area contributed by atoms with Gasteiger partial charge in [0.2, 0.25) is 0 Å². The Hall–Kier alpha value is 0.660. The number of hydrogen-bond acceptors (Lipinski definition) is 3. The zero-order chi connectivity index (χ0) is 12.9. The van der Waals surface area contributed by atoms with E-state index in [-0.39, 0.29) is 0 Å². The van der Waals surface area contributed by atoms with Crippen LogP contribution in [0.25, 0.3) is 0 Å². The molecule has 1 nitrogen and oxygen atoms in total. The molecule has 0 rings (SSSR count). The summed E-state index contributed by atoms with van der Waals surface area (Å²) in [7, 11) is 0. The lowest BCUT2D eigenvalue weighted by molar-refractivity contribution is 0.535. The number of hydrogen-bond donors (Lipinski definition) is 1. The van der Waals surface area contributed by atoms with E-state index in [1.54, 1.807) is 0 Å². The molecule has 104 valence electrons. The standard InChI is InChI=1S/C14H31NS2/c1-13(2)15-11-7-5-6-9-14(17-4)10-8-12-16-3/h13-15H,5-12H2,1-4H3. The number of thioether (sulfide) groups is 2. The normalized spacial score (nSPS) is 13.2. The van der Waals surface area contributed by atoms with E-state index in [0.29, 0.717) is 6.04 Å². The van der Waals surface area contributed by atoms with Gasteiger partial charge in [0.05, 0.1) is 0 Å². The fourth-order valence-corrected chi connectivity index (χ4v) is 3.16. The van der Waals surface area contributed by atoms with Crippen molar-refractivity contribution >= 4 is 23.5 Å². The highest BCUT2D eigenvalue weighted by Gasteiger charge is 2.06. The minimum Gasteiger partial charge on any atom is -0.315 e. The largest absolute Gasteiger partial charge is 0.315 e. The maximum Gasteiger partial charge on any atom is 0.00445 e. The van der Waals surface area contributed by atoms with Crippen molar-refractivity contribution in [3.8, 4) is 0 Å². The summed E-state index contributed by atoms with van der Waals surface area (Å²) in [5.74, 6) is 1.33. The molecule has 0 spiro atoms. The Bertz CT molecular complexity index is 151. The monoisotopic (exact) mass is 277 g/mol. The molecule has 0 aromatic rings. The number of unbranched alkanes of at least 4 members (excludes halogenated alkanes) is 2. The maximum atomic E-state index is 3.48. The smallest absolute Gasteiger partial charge is 0.00445 e. The SMILES string of the molecule is CSCCCC(CCCCCNC(C)C)SC. The minimum atomic E-state index is 0.639. The van der Waals surface area contributed by atoms with Crippen molar-refractivity contribution in [2.75, 3.05) is 24.8 Å². The van der Waals surface area contributed by atoms with Gasteiger partial charge in [0.25, 0.3) is 0 Å². The van der Waals surface area contributed by atoms with Crippen LogP contribution < -0.4 is 5.32 Å². The Morgan fingerprint density at radius 3 is 2.24 bits per heavy atom. The van der Waals surface area contributed by atoms with Gasteiger partial charge in [-0.05, 0) is 50.5 Å². The highest BCUT2D eigenvalue weighted by Crippen LogP contribution is 2.20.